The summed E-state index contributed by atoms with van der Waals surface area (Å²) in [7, 11) is 0. The second kappa shape index (κ2) is 6.94. The molecule has 94 valence electrons. The van der Waals surface area contributed by atoms with Crippen molar-refractivity contribution in [1.82, 2.24) is 5.16 Å². The van der Waals surface area contributed by atoms with Crippen molar-refractivity contribution in [3.63, 3.8) is 0 Å². The number of rotatable bonds is 3. The third-order valence-corrected chi connectivity index (χ3v) is 2.61. The predicted molar refractivity (Wildman–Crippen MR) is 73.0 cm³/mol. The van der Waals surface area contributed by atoms with Crippen molar-refractivity contribution in [3.05, 3.63) is 23.8 Å². The summed E-state index contributed by atoms with van der Waals surface area (Å²) >= 11 is 0. The molecule has 0 aliphatic rings. The first-order chi connectivity index (χ1) is 8.19. The van der Waals surface area contributed by atoms with Gasteiger partial charge in [-0.1, -0.05) is 50.8 Å². The number of nitrogens with two attached hydrogens (primary N) is 1. The molecule has 2 rings (SSSR count). The van der Waals surface area contributed by atoms with E-state index in [0.29, 0.717) is 5.82 Å². The number of anilines is 1. The molecule has 0 bridgehead atoms. The molecule has 1 aromatic heterocycles. The smallest absolute Gasteiger partial charge is 0.174 e. The number of hydrogen-bond donors (Lipinski definition) is 1. The number of unbranched alkanes of at least 4 members (excludes halogenated alkanes) is 3. The molecule has 0 atom stereocenters. The molecule has 0 spiro atoms. The van der Waals surface area contributed by atoms with Gasteiger partial charge in [-0.15, -0.1) is 0 Å². The van der Waals surface area contributed by atoms with Gasteiger partial charge in [0.15, 0.2) is 11.4 Å². The van der Waals surface area contributed by atoms with Crippen LogP contribution in [0.4, 0.5) is 5.82 Å². The maximum Gasteiger partial charge on any atom is 0.174 e. The van der Waals surface area contributed by atoms with E-state index < -0.39 is 0 Å². The van der Waals surface area contributed by atoms with Crippen molar-refractivity contribution in [3.8, 4) is 0 Å². The van der Waals surface area contributed by atoms with E-state index in [9.17, 15) is 0 Å². The van der Waals surface area contributed by atoms with Crippen molar-refractivity contribution in [2.45, 2.75) is 46.5 Å². The molecule has 0 saturated heterocycles. The second-order valence-corrected chi connectivity index (χ2v) is 4.27. The molecule has 17 heavy (non-hydrogen) atoms. The van der Waals surface area contributed by atoms with E-state index in [0.717, 1.165) is 16.5 Å². The van der Waals surface area contributed by atoms with Gasteiger partial charge in [0.2, 0.25) is 0 Å². The van der Waals surface area contributed by atoms with Crippen LogP contribution in [0.5, 0.6) is 0 Å². The normalized spacial score (nSPS) is 10.1. The first-order valence-corrected chi connectivity index (χ1v) is 6.30. The number of hydrogen-bond acceptors (Lipinski definition) is 3. The Morgan fingerprint density at radius 2 is 1.82 bits per heavy atom. The average molecular weight is 234 g/mol. The van der Waals surface area contributed by atoms with E-state index >= 15 is 0 Å². The molecule has 0 radical (unpaired) electrons. The van der Waals surface area contributed by atoms with E-state index in [1.54, 1.807) is 0 Å². The third-order valence-electron chi connectivity index (χ3n) is 2.61. The van der Waals surface area contributed by atoms with Gasteiger partial charge in [-0.05, 0) is 24.6 Å². The molecule has 0 amide bonds. The lowest BCUT2D eigenvalue weighted by Gasteiger charge is -1.88. The molecule has 0 fully saturated rings. The SMILES string of the molecule is CCCCCC.Cc1ccc2c(N)noc2c1. The van der Waals surface area contributed by atoms with E-state index in [-0.39, 0.29) is 0 Å². The summed E-state index contributed by atoms with van der Waals surface area (Å²) in [4.78, 5) is 0. The summed E-state index contributed by atoms with van der Waals surface area (Å²) in [5.41, 5.74) is 7.42. The van der Waals surface area contributed by atoms with E-state index in [2.05, 4.69) is 19.0 Å². The number of nitrogen functional groups attached to an aromatic ring is 1. The standard InChI is InChI=1S/C8H8N2O.C6H14/c1-5-2-3-6-7(4-5)11-10-8(6)9;1-3-5-6-4-2/h2-4H,1H3,(H2,9,10);3-6H2,1-2H3. The lowest BCUT2D eigenvalue weighted by atomic mass is 10.2. The summed E-state index contributed by atoms with van der Waals surface area (Å²) < 4.78 is 4.95. The zero-order valence-corrected chi connectivity index (χ0v) is 11.0. The van der Waals surface area contributed by atoms with Gasteiger partial charge in [0.25, 0.3) is 0 Å². The molecule has 0 saturated carbocycles. The minimum atomic E-state index is 0.458. The molecule has 2 aromatic rings. The fraction of sp³-hybridized carbons (Fsp3) is 0.500. The first-order valence-electron chi connectivity index (χ1n) is 6.30. The molecule has 1 aromatic carbocycles. The highest BCUT2D eigenvalue weighted by atomic mass is 16.5. The topological polar surface area (TPSA) is 52.0 Å². The molecule has 0 aliphatic carbocycles. The Balaban J connectivity index is 0.000000209. The molecular weight excluding hydrogens is 212 g/mol. The van der Waals surface area contributed by atoms with Crippen LogP contribution in [-0.2, 0) is 0 Å². The largest absolute Gasteiger partial charge is 0.380 e. The number of nitrogens with zero attached hydrogens (tertiary/aromatic N) is 1. The second-order valence-electron chi connectivity index (χ2n) is 4.27. The van der Waals surface area contributed by atoms with Crippen LogP contribution in [0.15, 0.2) is 22.7 Å². The Morgan fingerprint density at radius 1 is 1.18 bits per heavy atom. The van der Waals surface area contributed by atoms with Gasteiger partial charge in [0.05, 0.1) is 5.39 Å². The van der Waals surface area contributed by atoms with Crippen molar-refractivity contribution in [2.75, 3.05) is 5.73 Å². The summed E-state index contributed by atoms with van der Waals surface area (Å²) in [6, 6.07) is 5.81. The van der Waals surface area contributed by atoms with Crippen molar-refractivity contribution in [2.24, 2.45) is 0 Å². The highest BCUT2D eigenvalue weighted by molar-refractivity contribution is 5.87. The van der Waals surface area contributed by atoms with Crippen molar-refractivity contribution in [1.29, 1.82) is 0 Å². The summed E-state index contributed by atoms with van der Waals surface area (Å²) in [5.74, 6) is 0.458. The molecule has 3 heteroatoms. The third kappa shape index (κ3) is 4.10. The molecule has 0 unspecified atom stereocenters. The van der Waals surface area contributed by atoms with E-state index in [1.807, 2.05) is 25.1 Å². The minimum absolute atomic E-state index is 0.458. The van der Waals surface area contributed by atoms with Crippen LogP contribution >= 0.6 is 0 Å². The van der Waals surface area contributed by atoms with Crippen LogP contribution < -0.4 is 5.73 Å². The van der Waals surface area contributed by atoms with Gasteiger partial charge in [-0.25, -0.2) is 0 Å². The zero-order chi connectivity index (χ0) is 12.7. The van der Waals surface area contributed by atoms with E-state index in [4.69, 9.17) is 10.3 Å². The Labute approximate surface area is 103 Å². The Hall–Kier alpha value is -1.51. The molecule has 3 nitrogen and oxygen atoms in total. The molecule has 1 heterocycles. The van der Waals surface area contributed by atoms with Gasteiger partial charge in [0.1, 0.15) is 0 Å². The van der Waals surface area contributed by atoms with Crippen LogP contribution in [0.25, 0.3) is 11.0 Å². The van der Waals surface area contributed by atoms with Crippen LogP contribution in [-0.4, -0.2) is 5.16 Å². The Kier molecular flexibility index (Phi) is 5.53. The van der Waals surface area contributed by atoms with Gasteiger partial charge in [-0.2, -0.15) is 0 Å². The lowest BCUT2D eigenvalue weighted by molar-refractivity contribution is 0.460. The Morgan fingerprint density at radius 3 is 2.41 bits per heavy atom. The molecular formula is C14H22N2O. The number of aryl methyl sites for hydroxylation is 1. The number of benzene rings is 1. The molecule has 2 N–H and O–H groups in total. The highest BCUT2D eigenvalue weighted by Crippen LogP contribution is 2.20. The van der Waals surface area contributed by atoms with Gasteiger partial charge in [-0.3, -0.25) is 0 Å². The zero-order valence-electron chi connectivity index (χ0n) is 11.0. The van der Waals surface area contributed by atoms with Gasteiger partial charge < -0.3 is 10.3 Å². The first kappa shape index (κ1) is 13.6. The lowest BCUT2D eigenvalue weighted by Crippen LogP contribution is -1.82. The van der Waals surface area contributed by atoms with Crippen molar-refractivity contribution >= 4 is 16.8 Å². The summed E-state index contributed by atoms with van der Waals surface area (Å²) in [6.45, 7) is 6.46. The summed E-state index contributed by atoms with van der Waals surface area (Å²) in [6.07, 6.45) is 5.54. The highest BCUT2D eigenvalue weighted by Gasteiger charge is 2.02. The average Bonchev–Trinajstić information content (AvgIpc) is 2.68. The number of aromatic nitrogens is 1. The van der Waals surface area contributed by atoms with Crippen molar-refractivity contribution < 1.29 is 4.52 Å². The molecule has 0 aliphatic heterocycles. The summed E-state index contributed by atoms with van der Waals surface area (Å²) in [5, 5.41) is 4.52. The quantitative estimate of drug-likeness (QED) is 0.805. The van der Waals surface area contributed by atoms with Crippen LogP contribution in [0, 0.1) is 6.92 Å². The van der Waals surface area contributed by atoms with E-state index in [1.165, 1.54) is 25.7 Å². The van der Waals surface area contributed by atoms with Crippen LogP contribution in [0.2, 0.25) is 0 Å². The predicted octanol–water partition coefficient (Wildman–Crippen LogP) is 4.31. The maximum atomic E-state index is 5.52. The fourth-order valence-corrected chi connectivity index (χ4v) is 1.56. The maximum absolute atomic E-state index is 5.52. The monoisotopic (exact) mass is 234 g/mol. The van der Waals surface area contributed by atoms with Crippen LogP contribution in [0.3, 0.4) is 0 Å². The minimum Gasteiger partial charge on any atom is -0.380 e. The van der Waals surface area contributed by atoms with Gasteiger partial charge in [0, 0.05) is 0 Å². The number of fused-ring (bicyclic) bond motifs is 1. The fourth-order valence-electron chi connectivity index (χ4n) is 1.56. The van der Waals surface area contributed by atoms with Gasteiger partial charge >= 0.3 is 0 Å². The van der Waals surface area contributed by atoms with Crippen LogP contribution in [0.1, 0.15) is 45.1 Å². The Bertz CT molecular complexity index is 444.